The van der Waals surface area contributed by atoms with Gasteiger partial charge in [-0.1, -0.05) is 40.2 Å². The number of aryl methyl sites for hydroxylation is 1. The fourth-order valence-electron chi connectivity index (χ4n) is 5.21. The molecule has 5 rings (SSSR count). The minimum absolute atomic E-state index is 0.0316. The second-order valence-corrected chi connectivity index (χ2v) is 12.6. The van der Waals surface area contributed by atoms with E-state index in [-0.39, 0.29) is 34.1 Å². The van der Waals surface area contributed by atoms with Crippen LogP contribution in [0, 0.1) is 5.92 Å². The molecular weight excluding hydrogens is 558 g/mol. The van der Waals surface area contributed by atoms with E-state index in [1.54, 1.807) is 10.9 Å². The molecule has 5 heterocycles. The van der Waals surface area contributed by atoms with Gasteiger partial charge >= 0.3 is 0 Å². The fraction of sp³-hybridized carbons (Fsp3) is 0.571. The zero-order valence-corrected chi connectivity index (χ0v) is 25.5. The zero-order chi connectivity index (χ0) is 29.9. The van der Waals surface area contributed by atoms with Crippen molar-refractivity contribution in [2.75, 3.05) is 39.3 Å². The van der Waals surface area contributed by atoms with E-state index in [0.29, 0.717) is 56.8 Å². The van der Waals surface area contributed by atoms with E-state index in [4.69, 9.17) is 9.72 Å². The van der Waals surface area contributed by atoms with Gasteiger partial charge in [-0.3, -0.25) is 9.48 Å². The van der Waals surface area contributed by atoms with Crippen molar-refractivity contribution >= 4 is 21.1 Å². The number of sulfonamides is 1. The normalized spacial score (nSPS) is 20.0. The molecule has 2 aliphatic heterocycles. The fourth-order valence-corrected chi connectivity index (χ4v) is 6.61. The SMILES string of the molecule is CCCCOc1ncc(S(=O)(=O)N2CCN(CC)CC2)cc1-c1nc2c(CC)n(CC3N=NC=CC3C)nc2c(=O)[nH]1. The number of nitrogens with zero attached hydrogens (tertiary/aromatic N) is 8. The summed E-state index contributed by atoms with van der Waals surface area (Å²) in [6.07, 6.45) is 7.30. The number of fused-ring (bicyclic) bond motifs is 1. The molecule has 2 aliphatic rings. The Kier molecular flexibility index (Phi) is 9.13. The number of H-pyrrole nitrogens is 1. The van der Waals surface area contributed by atoms with Crippen molar-refractivity contribution in [2.45, 2.75) is 64.4 Å². The van der Waals surface area contributed by atoms with Crippen molar-refractivity contribution in [3.05, 3.63) is 40.6 Å². The second kappa shape index (κ2) is 12.8. The Balaban J connectivity index is 1.56. The predicted octanol–water partition coefficient (Wildman–Crippen LogP) is 3.23. The standard InChI is InChI=1S/C28H39N9O4S/c1-5-8-15-41-28-21(16-20(17-29-28)42(39,40)36-13-11-35(7-3)12-14-36)26-31-24-23(6-2)37(34-25(24)27(38)32-26)18-22-19(4)9-10-30-33-22/h9-10,16-17,19,22H,5-8,11-15,18H2,1-4H3,(H,31,32,38). The highest BCUT2D eigenvalue weighted by Gasteiger charge is 2.30. The molecule has 0 spiro atoms. The lowest BCUT2D eigenvalue weighted by molar-refractivity contribution is 0.196. The van der Waals surface area contributed by atoms with Crippen LogP contribution < -0.4 is 10.3 Å². The average molecular weight is 598 g/mol. The van der Waals surface area contributed by atoms with Crippen molar-refractivity contribution in [1.29, 1.82) is 0 Å². The number of hydrogen-bond donors (Lipinski definition) is 1. The summed E-state index contributed by atoms with van der Waals surface area (Å²) in [6, 6.07) is 1.39. The van der Waals surface area contributed by atoms with Crippen LogP contribution in [-0.2, 0) is 23.0 Å². The van der Waals surface area contributed by atoms with E-state index in [2.05, 4.69) is 44.0 Å². The number of aromatic amines is 1. The maximum Gasteiger partial charge on any atom is 0.279 e. The number of unbranched alkanes of at least 4 members (excludes halogenated alkanes) is 1. The highest BCUT2D eigenvalue weighted by atomic mass is 32.2. The van der Waals surface area contributed by atoms with Crippen molar-refractivity contribution in [1.82, 2.24) is 33.9 Å². The van der Waals surface area contributed by atoms with Crippen LogP contribution in [0.4, 0.5) is 0 Å². The Morgan fingerprint density at radius 2 is 1.90 bits per heavy atom. The summed E-state index contributed by atoms with van der Waals surface area (Å²) in [4.78, 5) is 27.6. The lowest BCUT2D eigenvalue weighted by Gasteiger charge is -2.33. The minimum atomic E-state index is -3.82. The lowest BCUT2D eigenvalue weighted by Crippen LogP contribution is -2.48. The van der Waals surface area contributed by atoms with Crippen molar-refractivity contribution in [3.63, 3.8) is 0 Å². The van der Waals surface area contributed by atoms with E-state index < -0.39 is 15.6 Å². The number of pyridine rings is 1. The summed E-state index contributed by atoms with van der Waals surface area (Å²) in [5, 5.41) is 13.0. The zero-order valence-electron chi connectivity index (χ0n) is 24.7. The first-order chi connectivity index (χ1) is 20.3. The molecule has 42 heavy (non-hydrogen) atoms. The Morgan fingerprint density at radius 3 is 2.60 bits per heavy atom. The monoisotopic (exact) mass is 597 g/mol. The van der Waals surface area contributed by atoms with Crippen molar-refractivity contribution < 1.29 is 13.2 Å². The number of azo groups is 1. The van der Waals surface area contributed by atoms with Crippen LogP contribution in [0.1, 0.15) is 46.2 Å². The highest BCUT2D eigenvalue weighted by Crippen LogP contribution is 2.31. The average Bonchev–Trinajstić information content (AvgIpc) is 3.36. The molecule has 1 fully saturated rings. The Morgan fingerprint density at radius 1 is 1.12 bits per heavy atom. The molecule has 1 saturated heterocycles. The summed E-state index contributed by atoms with van der Waals surface area (Å²) in [6.45, 7) is 12.0. The molecule has 1 N–H and O–H groups in total. The third-order valence-electron chi connectivity index (χ3n) is 7.91. The number of piperazine rings is 1. The van der Waals surface area contributed by atoms with Crippen LogP contribution in [0.3, 0.4) is 0 Å². The topological polar surface area (TPSA) is 151 Å². The molecule has 226 valence electrons. The van der Waals surface area contributed by atoms with Gasteiger partial charge in [0.15, 0.2) is 5.52 Å². The van der Waals surface area contributed by atoms with Crippen LogP contribution in [0.15, 0.2) is 44.5 Å². The number of nitrogens with one attached hydrogen (secondary N) is 1. The lowest BCUT2D eigenvalue weighted by atomic mass is 10.0. The van der Waals surface area contributed by atoms with Crippen LogP contribution >= 0.6 is 0 Å². The van der Waals surface area contributed by atoms with Crippen LogP contribution in [0.25, 0.3) is 22.4 Å². The van der Waals surface area contributed by atoms with E-state index in [1.165, 1.54) is 16.6 Å². The van der Waals surface area contributed by atoms with Gasteiger partial charge in [-0.25, -0.2) is 18.4 Å². The number of rotatable bonds is 11. The Bertz CT molecular complexity index is 1640. The molecule has 2 atom stereocenters. The van der Waals surface area contributed by atoms with Gasteiger partial charge in [-0.2, -0.15) is 19.6 Å². The van der Waals surface area contributed by atoms with Gasteiger partial charge in [-0.15, -0.1) is 0 Å². The third-order valence-corrected chi connectivity index (χ3v) is 9.77. The van der Waals surface area contributed by atoms with Crippen LogP contribution in [0.2, 0.25) is 0 Å². The third kappa shape index (κ3) is 6.01. The Labute approximate surface area is 245 Å². The first-order valence-corrected chi connectivity index (χ1v) is 16.1. The van der Waals surface area contributed by atoms with Crippen molar-refractivity contribution in [2.24, 2.45) is 16.1 Å². The maximum atomic E-state index is 13.6. The van der Waals surface area contributed by atoms with Crippen LogP contribution in [0.5, 0.6) is 5.88 Å². The first-order valence-electron chi connectivity index (χ1n) is 14.7. The maximum absolute atomic E-state index is 13.6. The molecule has 0 aliphatic carbocycles. The largest absolute Gasteiger partial charge is 0.477 e. The summed E-state index contributed by atoms with van der Waals surface area (Å²) in [5.74, 6) is 0.571. The van der Waals surface area contributed by atoms with Gasteiger partial charge in [0.05, 0.1) is 36.6 Å². The summed E-state index contributed by atoms with van der Waals surface area (Å²) < 4.78 is 36.5. The summed E-state index contributed by atoms with van der Waals surface area (Å²) in [5.41, 5.74) is 1.34. The smallest absolute Gasteiger partial charge is 0.279 e. The molecule has 3 aromatic heterocycles. The molecule has 2 unspecified atom stereocenters. The highest BCUT2D eigenvalue weighted by molar-refractivity contribution is 7.89. The van der Waals surface area contributed by atoms with Crippen molar-refractivity contribution in [3.8, 4) is 17.3 Å². The predicted molar refractivity (Wildman–Crippen MR) is 159 cm³/mol. The molecule has 0 radical (unpaired) electrons. The van der Waals surface area contributed by atoms with Gasteiger partial charge in [0.1, 0.15) is 16.2 Å². The first kappa shape index (κ1) is 30.0. The molecule has 3 aromatic rings. The molecule has 13 nitrogen and oxygen atoms in total. The number of ether oxygens (including phenoxy) is 1. The molecule has 0 aromatic carbocycles. The van der Waals surface area contributed by atoms with E-state index in [9.17, 15) is 13.2 Å². The quantitative estimate of drug-likeness (QED) is 0.331. The molecule has 0 amide bonds. The van der Waals surface area contributed by atoms with Gasteiger partial charge < -0.3 is 14.6 Å². The second-order valence-electron chi connectivity index (χ2n) is 10.7. The summed E-state index contributed by atoms with van der Waals surface area (Å²) >= 11 is 0. The van der Waals surface area contributed by atoms with E-state index >= 15 is 0 Å². The van der Waals surface area contributed by atoms with Gasteiger partial charge in [-0.05, 0) is 25.5 Å². The number of hydrogen-bond acceptors (Lipinski definition) is 10. The Hall–Kier alpha value is -3.49. The molecule has 0 saturated carbocycles. The molecule has 14 heteroatoms. The van der Waals surface area contributed by atoms with E-state index in [1.807, 2.05) is 19.9 Å². The molecular formula is C28H39N9O4S. The van der Waals surface area contributed by atoms with Gasteiger partial charge in [0.2, 0.25) is 15.9 Å². The minimum Gasteiger partial charge on any atom is -0.477 e. The molecule has 0 bridgehead atoms. The van der Waals surface area contributed by atoms with E-state index in [0.717, 1.165) is 25.1 Å². The summed E-state index contributed by atoms with van der Waals surface area (Å²) in [7, 11) is -3.82. The van der Waals surface area contributed by atoms with Crippen LogP contribution in [-0.4, -0.2) is 87.7 Å². The van der Waals surface area contributed by atoms with Gasteiger partial charge in [0, 0.05) is 38.3 Å². The van der Waals surface area contributed by atoms with Gasteiger partial charge in [0.25, 0.3) is 5.56 Å². The number of likely N-dealkylation sites (N-methyl/N-ethyl adjacent to an activating group) is 1. The number of aromatic nitrogens is 5.